The van der Waals surface area contributed by atoms with Crippen LogP contribution in [-0.4, -0.2) is 16.8 Å². The van der Waals surface area contributed by atoms with Crippen LogP contribution in [0, 0.1) is 35.5 Å². The van der Waals surface area contributed by atoms with Crippen molar-refractivity contribution in [3.05, 3.63) is 35.5 Å². The molecule has 4 aliphatic carbocycles. The lowest BCUT2D eigenvalue weighted by Gasteiger charge is -2.37. The number of carbonyl (C=O) groups excluding carboxylic acids is 2. The highest BCUT2D eigenvalue weighted by atomic mass is 35.5. The number of halogens is 1. The molecule has 5 aliphatic rings. The summed E-state index contributed by atoms with van der Waals surface area (Å²) in [6.45, 7) is 0. The van der Waals surface area contributed by atoms with Crippen LogP contribution in [0.2, 0.25) is 5.02 Å². The second kappa shape index (κ2) is 3.74. The Kier molecular flexibility index (Phi) is 2.12. The minimum Gasteiger partial charge on any atom is -0.274 e. The second-order valence-electron chi connectivity index (χ2n) is 6.50. The molecule has 6 atom stereocenters. The first-order valence-corrected chi connectivity index (χ1v) is 7.72. The summed E-state index contributed by atoms with van der Waals surface area (Å²) in [5.41, 5.74) is 0. The Labute approximate surface area is 126 Å². The van der Waals surface area contributed by atoms with Crippen LogP contribution in [0.5, 0.6) is 0 Å². The predicted octanol–water partition coefficient (Wildman–Crippen LogP) is 2.29. The van der Waals surface area contributed by atoms with Crippen LogP contribution in [0.1, 0.15) is 6.42 Å². The Balaban J connectivity index is 1.60. The highest BCUT2D eigenvalue weighted by molar-refractivity contribution is 6.31. The molecule has 2 saturated carbocycles. The van der Waals surface area contributed by atoms with E-state index >= 15 is 0 Å². The lowest BCUT2D eigenvalue weighted by atomic mass is 9.63. The number of hydrogen-bond acceptors (Lipinski definition) is 3. The van der Waals surface area contributed by atoms with Gasteiger partial charge in [0, 0.05) is 17.3 Å². The lowest BCUT2D eigenvalue weighted by Crippen LogP contribution is -2.40. The van der Waals surface area contributed by atoms with Gasteiger partial charge in [-0.25, -0.2) is 9.88 Å². The second-order valence-corrected chi connectivity index (χ2v) is 6.94. The van der Waals surface area contributed by atoms with Gasteiger partial charge in [-0.1, -0.05) is 23.8 Å². The third-order valence-electron chi connectivity index (χ3n) is 5.60. The van der Waals surface area contributed by atoms with Gasteiger partial charge in [-0.15, -0.1) is 0 Å². The number of rotatable bonds is 1. The zero-order valence-electron chi connectivity index (χ0n) is 11.1. The van der Waals surface area contributed by atoms with Crippen molar-refractivity contribution in [2.45, 2.75) is 6.42 Å². The number of hydrogen-bond donors (Lipinski definition) is 0. The van der Waals surface area contributed by atoms with Gasteiger partial charge in [-0.05, 0) is 36.2 Å². The summed E-state index contributed by atoms with van der Waals surface area (Å²) in [7, 11) is 0. The van der Waals surface area contributed by atoms with Gasteiger partial charge in [0.25, 0.3) is 0 Å². The van der Waals surface area contributed by atoms with E-state index in [-0.39, 0.29) is 35.5 Å². The van der Waals surface area contributed by atoms with E-state index in [0.717, 1.165) is 0 Å². The monoisotopic (exact) mass is 300 g/mol. The number of anilines is 1. The van der Waals surface area contributed by atoms with Crippen molar-refractivity contribution in [2.75, 3.05) is 4.90 Å². The maximum absolute atomic E-state index is 12.8. The van der Waals surface area contributed by atoms with Crippen LogP contribution in [0.4, 0.5) is 5.82 Å². The minimum absolute atomic E-state index is 0.0931. The molecule has 2 amide bonds. The van der Waals surface area contributed by atoms with E-state index in [4.69, 9.17) is 11.6 Å². The summed E-state index contributed by atoms with van der Waals surface area (Å²) < 4.78 is 0. The van der Waals surface area contributed by atoms with Crippen LogP contribution in [0.3, 0.4) is 0 Å². The number of carbonyl (C=O) groups is 2. The van der Waals surface area contributed by atoms with E-state index < -0.39 is 0 Å². The maximum atomic E-state index is 12.8. The number of pyridine rings is 1. The summed E-state index contributed by atoms with van der Waals surface area (Å²) in [5, 5.41) is 0.486. The Hall–Kier alpha value is -1.68. The van der Waals surface area contributed by atoms with Crippen LogP contribution in [0.25, 0.3) is 0 Å². The SMILES string of the molecule is O=C1[C@@H]2[C@H]3C=C[C@@H]([C@@H]4C[C@@H]34)[C@@H]2C(=O)N1c1cc(Cl)ccn1. The Morgan fingerprint density at radius 1 is 1.10 bits per heavy atom. The van der Waals surface area contributed by atoms with Crippen molar-refractivity contribution in [2.24, 2.45) is 35.5 Å². The van der Waals surface area contributed by atoms with E-state index in [1.54, 1.807) is 12.1 Å². The molecule has 0 radical (unpaired) electrons. The van der Waals surface area contributed by atoms with Gasteiger partial charge in [-0.2, -0.15) is 0 Å². The van der Waals surface area contributed by atoms with Gasteiger partial charge < -0.3 is 0 Å². The summed E-state index contributed by atoms with van der Waals surface area (Å²) in [5.74, 6) is 1.52. The first-order chi connectivity index (χ1) is 10.2. The molecule has 4 nitrogen and oxygen atoms in total. The van der Waals surface area contributed by atoms with Gasteiger partial charge in [0.2, 0.25) is 11.8 Å². The quantitative estimate of drug-likeness (QED) is 0.590. The Morgan fingerprint density at radius 2 is 1.71 bits per heavy atom. The number of allylic oxidation sites excluding steroid dienone is 2. The van der Waals surface area contributed by atoms with Crippen molar-refractivity contribution in [1.82, 2.24) is 4.98 Å². The van der Waals surface area contributed by atoms with Crippen LogP contribution >= 0.6 is 11.6 Å². The number of amides is 2. The molecule has 3 fully saturated rings. The predicted molar refractivity (Wildman–Crippen MR) is 76.4 cm³/mol. The molecule has 0 spiro atoms. The number of imide groups is 1. The Bertz CT molecular complexity index is 680. The molecule has 5 heteroatoms. The molecular formula is C16H13ClN2O2. The van der Waals surface area contributed by atoms with Crippen LogP contribution < -0.4 is 4.90 Å². The van der Waals surface area contributed by atoms with Crippen molar-refractivity contribution >= 4 is 29.2 Å². The molecule has 6 rings (SSSR count). The molecule has 1 saturated heterocycles. The largest absolute Gasteiger partial charge is 0.274 e. The van der Waals surface area contributed by atoms with E-state index in [9.17, 15) is 9.59 Å². The van der Waals surface area contributed by atoms with E-state index in [1.165, 1.54) is 17.5 Å². The van der Waals surface area contributed by atoms with Crippen LogP contribution in [0.15, 0.2) is 30.5 Å². The highest BCUT2D eigenvalue weighted by Gasteiger charge is 2.67. The molecule has 106 valence electrons. The highest BCUT2D eigenvalue weighted by Crippen LogP contribution is 2.65. The number of nitrogens with zero attached hydrogens (tertiary/aromatic N) is 2. The lowest BCUT2D eigenvalue weighted by molar-refractivity contribution is -0.124. The summed E-state index contributed by atoms with van der Waals surface area (Å²) >= 11 is 5.97. The van der Waals surface area contributed by atoms with Gasteiger partial charge >= 0.3 is 0 Å². The zero-order valence-corrected chi connectivity index (χ0v) is 11.9. The van der Waals surface area contributed by atoms with E-state index in [1.807, 2.05) is 0 Å². The van der Waals surface area contributed by atoms with Gasteiger partial charge in [-0.3, -0.25) is 9.59 Å². The molecule has 1 aromatic heterocycles. The molecule has 21 heavy (non-hydrogen) atoms. The van der Waals surface area contributed by atoms with Gasteiger partial charge in [0.1, 0.15) is 5.82 Å². The summed E-state index contributed by atoms with van der Waals surface area (Å²) in [6, 6.07) is 3.23. The molecular weight excluding hydrogens is 288 g/mol. The fourth-order valence-electron chi connectivity index (χ4n) is 4.70. The molecule has 0 unspecified atom stereocenters. The number of aromatic nitrogens is 1. The van der Waals surface area contributed by atoms with Crippen molar-refractivity contribution in [1.29, 1.82) is 0 Å². The van der Waals surface area contributed by atoms with Gasteiger partial charge in [0.05, 0.1) is 11.8 Å². The average molecular weight is 301 g/mol. The third-order valence-corrected chi connectivity index (χ3v) is 5.83. The van der Waals surface area contributed by atoms with Crippen molar-refractivity contribution in [3.8, 4) is 0 Å². The molecule has 2 bridgehead atoms. The van der Waals surface area contributed by atoms with E-state index in [2.05, 4.69) is 17.1 Å². The smallest absolute Gasteiger partial charge is 0.239 e. The topological polar surface area (TPSA) is 50.3 Å². The molecule has 1 aromatic rings. The third kappa shape index (κ3) is 1.39. The molecule has 0 aromatic carbocycles. The molecule has 1 aliphatic heterocycles. The first-order valence-electron chi connectivity index (χ1n) is 7.34. The van der Waals surface area contributed by atoms with Crippen molar-refractivity contribution in [3.63, 3.8) is 0 Å². The fourth-order valence-corrected chi connectivity index (χ4v) is 4.85. The normalized spacial score (nSPS) is 42.2. The maximum Gasteiger partial charge on any atom is 0.239 e. The van der Waals surface area contributed by atoms with Crippen LogP contribution in [-0.2, 0) is 9.59 Å². The molecule has 2 heterocycles. The Morgan fingerprint density at radius 3 is 2.29 bits per heavy atom. The minimum atomic E-state index is -0.183. The summed E-state index contributed by atoms with van der Waals surface area (Å²) in [6.07, 6.45) is 7.04. The first kappa shape index (κ1) is 11.9. The van der Waals surface area contributed by atoms with Gasteiger partial charge in [0.15, 0.2) is 0 Å². The fraction of sp³-hybridized carbons (Fsp3) is 0.438. The van der Waals surface area contributed by atoms with E-state index in [0.29, 0.717) is 22.7 Å². The standard InChI is InChI=1S/C16H13ClN2O2/c17-7-3-4-18-12(5-7)19-15(20)13-8-1-2-9(11-6-10(8)11)14(13)16(19)21/h1-5,8-11,13-14H,6H2/t8-,9-,10-,11-,13-,14+/m0/s1. The summed E-state index contributed by atoms with van der Waals surface area (Å²) in [4.78, 5) is 31.0. The van der Waals surface area contributed by atoms with Crippen molar-refractivity contribution < 1.29 is 9.59 Å². The zero-order chi connectivity index (χ0) is 14.3. The molecule has 0 N–H and O–H groups in total. The average Bonchev–Trinajstić information content (AvgIpc) is 3.24.